The summed E-state index contributed by atoms with van der Waals surface area (Å²) in [5, 5.41) is 2.72. The Kier molecular flexibility index (Phi) is 4.93. The van der Waals surface area contributed by atoms with Crippen LogP contribution in [0.15, 0.2) is 48.5 Å². The predicted molar refractivity (Wildman–Crippen MR) is 94.2 cm³/mol. The number of halogens is 1. The van der Waals surface area contributed by atoms with E-state index in [9.17, 15) is 18.8 Å². The van der Waals surface area contributed by atoms with Crippen molar-refractivity contribution in [3.63, 3.8) is 0 Å². The standard InChI is InChI=1S/C20H16FNO4/c1-12-15-10-14(6-8-17(15)22-20(12)25)18(23)11-26-19(24)9-7-13-4-2-3-5-16(13)21/h2-10,12H,11H2,1H3,(H,22,25)/b9-7+/t12-/m1/s1. The molecule has 0 aromatic heterocycles. The van der Waals surface area contributed by atoms with Crippen molar-refractivity contribution in [1.82, 2.24) is 0 Å². The van der Waals surface area contributed by atoms with E-state index < -0.39 is 18.4 Å². The number of rotatable bonds is 5. The van der Waals surface area contributed by atoms with Crippen LogP contribution in [0.4, 0.5) is 10.1 Å². The Morgan fingerprint density at radius 3 is 2.77 bits per heavy atom. The number of hydrogen-bond donors (Lipinski definition) is 1. The van der Waals surface area contributed by atoms with Crippen molar-refractivity contribution >= 4 is 29.4 Å². The lowest BCUT2D eigenvalue weighted by atomic mass is 9.99. The number of carbonyl (C=O) groups is 3. The first kappa shape index (κ1) is 17.5. The lowest BCUT2D eigenvalue weighted by Crippen LogP contribution is -2.13. The molecule has 0 spiro atoms. The first-order valence-electron chi connectivity index (χ1n) is 8.03. The van der Waals surface area contributed by atoms with Crippen LogP contribution in [0, 0.1) is 5.82 Å². The van der Waals surface area contributed by atoms with Gasteiger partial charge in [0, 0.05) is 22.9 Å². The normalized spacial score (nSPS) is 15.6. The number of amides is 1. The smallest absolute Gasteiger partial charge is 0.331 e. The first-order valence-corrected chi connectivity index (χ1v) is 8.03. The Morgan fingerprint density at radius 1 is 1.23 bits per heavy atom. The molecule has 1 amide bonds. The first-order chi connectivity index (χ1) is 12.5. The van der Waals surface area contributed by atoms with E-state index in [4.69, 9.17) is 4.74 Å². The van der Waals surface area contributed by atoms with Gasteiger partial charge in [0.25, 0.3) is 0 Å². The van der Waals surface area contributed by atoms with Gasteiger partial charge >= 0.3 is 5.97 Å². The van der Waals surface area contributed by atoms with Gasteiger partial charge in [-0.25, -0.2) is 9.18 Å². The van der Waals surface area contributed by atoms with E-state index in [1.807, 2.05) is 0 Å². The number of nitrogens with one attached hydrogen (secondary N) is 1. The van der Waals surface area contributed by atoms with Crippen molar-refractivity contribution < 1.29 is 23.5 Å². The Bertz CT molecular complexity index is 920. The van der Waals surface area contributed by atoms with Crippen molar-refractivity contribution in [2.24, 2.45) is 0 Å². The van der Waals surface area contributed by atoms with Crippen molar-refractivity contribution in [2.45, 2.75) is 12.8 Å². The molecule has 2 aromatic carbocycles. The largest absolute Gasteiger partial charge is 0.454 e. The van der Waals surface area contributed by atoms with Crippen molar-refractivity contribution in [3.8, 4) is 0 Å². The van der Waals surface area contributed by atoms with Crippen LogP contribution in [0.3, 0.4) is 0 Å². The van der Waals surface area contributed by atoms with Gasteiger partial charge in [0.05, 0.1) is 5.92 Å². The van der Waals surface area contributed by atoms with Crippen LogP contribution >= 0.6 is 0 Å². The Labute approximate surface area is 149 Å². The van der Waals surface area contributed by atoms with Crippen LogP contribution in [-0.2, 0) is 14.3 Å². The lowest BCUT2D eigenvalue weighted by Gasteiger charge is -2.06. The van der Waals surface area contributed by atoms with Crippen LogP contribution in [-0.4, -0.2) is 24.3 Å². The van der Waals surface area contributed by atoms with Gasteiger partial charge in [0.1, 0.15) is 5.82 Å². The Balaban J connectivity index is 1.60. The predicted octanol–water partition coefficient (Wildman–Crippen LogP) is 3.32. The molecule has 3 rings (SSSR count). The second-order valence-corrected chi connectivity index (χ2v) is 5.90. The second-order valence-electron chi connectivity index (χ2n) is 5.90. The number of Topliss-reactive ketones (excluding diaryl/α,β-unsaturated/α-hetero) is 1. The van der Waals surface area contributed by atoms with Crippen molar-refractivity contribution in [1.29, 1.82) is 0 Å². The van der Waals surface area contributed by atoms with Crippen LogP contribution in [0.1, 0.15) is 34.3 Å². The van der Waals surface area contributed by atoms with E-state index in [-0.39, 0.29) is 23.2 Å². The summed E-state index contributed by atoms with van der Waals surface area (Å²) in [5.41, 5.74) is 2.04. The fourth-order valence-corrected chi connectivity index (χ4v) is 2.63. The van der Waals surface area contributed by atoms with Crippen LogP contribution in [0.2, 0.25) is 0 Å². The summed E-state index contributed by atoms with van der Waals surface area (Å²) in [4.78, 5) is 35.5. The highest BCUT2D eigenvalue weighted by Gasteiger charge is 2.27. The molecule has 5 nitrogen and oxygen atoms in total. The fraction of sp³-hybridized carbons (Fsp3) is 0.150. The molecule has 1 aliphatic rings. The molecular weight excluding hydrogens is 337 g/mol. The summed E-state index contributed by atoms with van der Waals surface area (Å²) in [6.07, 6.45) is 2.36. The molecule has 0 radical (unpaired) electrons. The zero-order valence-corrected chi connectivity index (χ0v) is 14.0. The molecule has 1 heterocycles. The third-order valence-corrected chi connectivity index (χ3v) is 4.14. The average Bonchev–Trinajstić information content (AvgIpc) is 2.92. The number of ether oxygens (including phenoxy) is 1. The van der Waals surface area contributed by atoms with E-state index in [1.54, 1.807) is 37.3 Å². The third kappa shape index (κ3) is 3.69. The van der Waals surface area contributed by atoms with Gasteiger partial charge in [-0.1, -0.05) is 18.2 Å². The average molecular weight is 353 g/mol. The molecule has 1 N–H and O–H groups in total. The SMILES string of the molecule is C[C@H]1C(=O)Nc2ccc(C(=O)COC(=O)/C=C/c3ccccc3F)cc21. The number of carbonyl (C=O) groups excluding carboxylic acids is 3. The topological polar surface area (TPSA) is 72.5 Å². The molecule has 0 saturated heterocycles. The number of fused-ring (bicyclic) bond motifs is 1. The summed E-state index contributed by atoms with van der Waals surface area (Å²) in [6.45, 7) is 1.32. The van der Waals surface area contributed by atoms with Gasteiger partial charge in [-0.15, -0.1) is 0 Å². The van der Waals surface area contributed by atoms with E-state index in [1.165, 1.54) is 18.2 Å². The minimum absolute atomic E-state index is 0.116. The third-order valence-electron chi connectivity index (χ3n) is 4.14. The van der Waals surface area contributed by atoms with E-state index in [0.717, 1.165) is 11.6 Å². The lowest BCUT2D eigenvalue weighted by molar-refractivity contribution is -0.136. The Hall–Kier alpha value is -3.28. The number of hydrogen-bond acceptors (Lipinski definition) is 4. The molecule has 1 atom stereocenters. The van der Waals surface area contributed by atoms with Gasteiger partial charge in [-0.3, -0.25) is 9.59 Å². The number of benzene rings is 2. The van der Waals surface area contributed by atoms with Crippen LogP contribution in [0.5, 0.6) is 0 Å². The number of esters is 1. The van der Waals surface area contributed by atoms with Gasteiger partial charge in [-0.2, -0.15) is 0 Å². The van der Waals surface area contributed by atoms with Crippen LogP contribution < -0.4 is 5.32 Å². The minimum atomic E-state index is -0.743. The Morgan fingerprint density at radius 2 is 2.00 bits per heavy atom. The monoisotopic (exact) mass is 353 g/mol. The number of ketones is 1. The maximum atomic E-state index is 13.5. The van der Waals surface area contributed by atoms with E-state index >= 15 is 0 Å². The fourth-order valence-electron chi connectivity index (χ4n) is 2.63. The summed E-state index contributed by atoms with van der Waals surface area (Å²) >= 11 is 0. The maximum Gasteiger partial charge on any atom is 0.331 e. The van der Waals surface area contributed by atoms with Crippen molar-refractivity contribution in [3.05, 3.63) is 71.0 Å². The van der Waals surface area contributed by atoms with Gasteiger partial charge < -0.3 is 10.1 Å². The second kappa shape index (κ2) is 7.31. The zero-order chi connectivity index (χ0) is 18.7. The molecule has 0 aliphatic carbocycles. The van der Waals surface area contributed by atoms with Gasteiger partial charge in [0.15, 0.2) is 12.4 Å². The zero-order valence-electron chi connectivity index (χ0n) is 14.0. The summed E-state index contributed by atoms with van der Waals surface area (Å²) < 4.78 is 18.4. The quantitative estimate of drug-likeness (QED) is 0.508. The summed E-state index contributed by atoms with van der Waals surface area (Å²) in [5.74, 6) is -2.03. The molecule has 26 heavy (non-hydrogen) atoms. The number of anilines is 1. The molecule has 2 aromatic rings. The highest BCUT2D eigenvalue weighted by atomic mass is 19.1. The molecule has 132 valence electrons. The molecule has 0 unspecified atom stereocenters. The van der Waals surface area contributed by atoms with Gasteiger partial charge in [-0.05, 0) is 42.8 Å². The molecule has 1 aliphatic heterocycles. The molecule has 6 heteroatoms. The van der Waals surface area contributed by atoms with Crippen molar-refractivity contribution in [2.75, 3.05) is 11.9 Å². The minimum Gasteiger partial charge on any atom is -0.454 e. The molecule has 0 saturated carbocycles. The van der Waals surface area contributed by atoms with Gasteiger partial charge in [0.2, 0.25) is 5.91 Å². The van der Waals surface area contributed by atoms with E-state index in [0.29, 0.717) is 11.3 Å². The van der Waals surface area contributed by atoms with Crippen LogP contribution in [0.25, 0.3) is 6.08 Å². The maximum absolute atomic E-state index is 13.5. The molecular formula is C20H16FNO4. The molecule has 0 bridgehead atoms. The summed E-state index contributed by atoms with van der Waals surface area (Å²) in [7, 11) is 0. The van der Waals surface area contributed by atoms with E-state index in [2.05, 4.69) is 5.32 Å². The molecule has 0 fully saturated rings. The highest BCUT2D eigenvalue weighted by molar-refractivity contribution is 6.05. The highest BCUT2D eigenvalue weighted by Crippen LogP contribution is 2.32. The summed E-state index contributed by atoms with van der Waals surface area (Å²) in [6, 6.07) is 10.8.